The van der Waals surface area contributed by atoms with Crippen LogP contribution in [-0.4, -0.2) is 26.7 Å². The molecule has 0 amide bonds. The summed E-state index contributed by atoms with van der Waals surface area (Å²) in [4.78, 5) is 0. The number of thioether (sulfide) groups is 1. The molecule has 2 rings (SSSR count). The van der Waals surface area contributed by atoms with Crippen LogP contribution in [0.4, 0.5) is 5.13 Å². The van der Waals surface area contributed by atoms with E-state index in [2.05, 4.69) is 10.2 Å². The molecular formula is C7H11N3OS2. The molecule has 0 aromatic carbocycles. The van der Waals surface area contributed by atoms with E-state index < -0.39 is 0 Å². The molecule has 0 aliphatic heterocycles. The molecule has 0 radical (unpaired) electrons. The maximum absolute atomic E-state index is 9.56. The van der Waals surface area contributed by atoms with Crippen LogP contribution in [0.3, 0.4) is 0 Å². The van der Waals surface area contributed by atoms with Crippen LogP contribution in [0.5, 0.6) is 0 Å². The Morgan fingerprint density at radius 2 is 2.31 bits per heavy atom. The van der Waals surface area contributed by atoms with Crippen molar-refractivity contribution >= 4 is 28.2 Å². The normalized spacial score (nSPS) is 28.1. The number of hydrogen-bond donors (Lipinski definition) is 2. The Morgan fingerprint density at radius 3 is 2.85 bits per heavy atom. The van der Waals surface area contributed by atoms with Crippen LogP contribution in [0.15, 0.2) is 4.34 Å². The zero-order chi connectivity index (χ0) is 9.26. The van der Waals surface area contributed by atoms with Crippen LogP contribution in [0, 0.1) is 0 Å². The van der Waals surface area contributed by atoms with Crippen LogP contribution in [0.25, 0.3) is 0 Å². The van der Waals surface area contributed by atoms with Gasteiger partial charge in [-0.15, -0.1) is 10.2 Å². The minimum absolute atomic E-state index is 0.185. The number of nitrogens with two attached hydrogens (primary N) is 1. The summed E-state index contributed by atoms with van der Waals surface area (Å²) in [5, 5.41) is 18.0. The molecule has 1 fully saturated rings. The molecule has 1 aliphatic rings. The Bertz CT molecular complexity index is 291. The smallest absolute Gasteiger partial charge is 0.203 e. The second-order valence-electron chi connectivity index (χ2n) is 3.06. The van der Waals surface area contributed by atoms with Gasteiger partial charge in [-0.1, -0.05) is 23.1 Å². The third-order valence-electron chi connectivity index (χ3n) is 2.09. The van der Waals surface area contributed by atoms with Crippen molar-refractivity contribution in [2.24, 2.45) is 0 Å². The van der Waals surface area contributed by atoms with Gasteiger partial charge in [0.15, 0.2) is 4.34 Å². The number of aromatic nitrogens is 2. The van der Waals surface area contributed by atoms with Crippen molar-refractivity contribution < 1.29 is 5.11 Å². The molecule has 72 valence electrons. The van der Waals surface area contributed by atoms with Gasteiger partial charge in [0.25, 0.3) is 0 Å². The third kappa shape index (κ3) is 2.12. The van der Waals surface area contributed by atoms with Gasteiger partial charge in [-0.3, -0.25) is 0 Å². The maximum atomic E-state index is 9.56. The number of rotatable bonds is 2. The fourth-order valence-corrected chi connectivity index (χ4v) is 3.53. The van der Waals surface area contributed by atoms with Gasteiger partial charge in [0, 0.05) is 5.25 Å². The lowest BCUT2D eigenvalue weighted by atomic mass is 10.3. The van der Waals surface area contributed by atoms with E-state index in [0.29, 0.717) is 5.13 Å². The minimum atomic E-state index is -0.185. The maximum Gasteiger partial charge on any atom is 0.203 e. The molecule has 1 aromatic rings. The van der Waals surface area contributed by atoms with Crippen LogP contribution in [0.2, 0.25) is 0 Å². The second kappa shape index (κ2) is 3.81. The average Bonchev–Trinajstić information content (AvgIpc) is 2.64. The van der Waals surface area contributed by atoms with Crippen molar-refractivity contribution in [3.63, 3.8) is 0 Å². The SMILES string of the molecule is Nc1nnc(SC2CCCC2O)s1. The standard InChI is InChI=1S/C7H11N3OS2/c8-6-9-10-7(13-6)12-5-3-1-2-4(5)11/h4-5,11H,1-3H2,(H2,8,9). The van der Waals surface area contributed by atoms with Crippen LogP contribution >= 0.6 is 23.1 Å². The Morgan fingerprint density at radius 1 is 1.46 bits per heavy atom. The molecule has 4 nitrogen and oxygen atoms in total. The third-order valence-corrected chi connectivity index (χ3v) is 4.31. The molecule has 1 aliphatic carbocycles. The molecule has 2 unspecified atom stereocenters. The molecule has 6 heteroatoms. The van der Waals surface area contributed by atoms with Crippen LogP contribution in [-0.2, 0) is 0 Å². The number of nitrogen functional groups attached to an aromatic ring is 1. The summed E-state index contributed by atoms with van der Waals surface area (Å²) in [5.74, 6) is 0. The summed E-state index contributed by atoms with van der Waals surface area (Å²) in [6.07, 6.45) is 2.89. The van der Waals surface area contributed by atoms with Gasteiger partial charge in [0.05, 0.1) is 6.10 Å². The minimum Gasteiger partial charge on any atom is -0.392 e. The van der Waals surface area contributed by atoms with Crippen molar-refractivity contribution in [1.82, 2.24) is 10.2 Å². The topological polar surface area (TPSA) is 72.0 Å². The first-order chi connectivity index (χ1) is 6.25. The summed E-state index contributed by atoms with van der Waals surface area (Å²) in [6.45, 7) is 0. The molecule has 0 spiro atoms. The molecule has 2 atom stereocenters. The quantitative estimate of drug-likeness (QED) is 0.777. The van der Waals surface area contributed by atoms with Crippen LogP contribution in [0.1, 0.15) is 19.3 Å². The number of anilines is 1. The van der Waals surface area contributed by atoms with Crippen LogP contribution < -0.4 is 5.73 Å². The van der Waals surface area contributed by atoms with E-state index in [1.807, 2.05) is 0 Å². The van der Waals surface area contributed by atoms with Crippen molar-refractivity contribution in [1.29, 1.82) is 0 Å². The monoisotopic (exact) mass is 217 g/mol. The Labute approximate surface area is 84.6 Å². The molecule has 1 saturated carbocycles. The number of aliphatic hydroxyl groups excluding tert-OH is 1. The lowest BCUT2D eigenvalue weighted by molar-refractivity contribution is 0.188. The van der Waals surface area contributed by atoms with Crippen molar-refractivity contribution in [3.8, 4) is 0 Å². The summed E-state index contributed by atoms with van der Waals surface area (Å²) in [6, 6.07) is 0. The van der Waals surface area contributed by atoms with Gasteiger partial charge in [0.2, 0.25) is 5.13 Å². The number of hydrogen-bond acceptors (Lipinski definition) is 6. The van der Waals surface area contributed by atoms with E-state index in [9.17, 15) is 5.11 Å². The fraction of sp³-hybridized carbons (Fsp3) is 0.714. The highest BCUT2D eigenvalue weighted by Crippen LogP contribution is 2.36. The molecule has 0 bridgehead atoms. The highest BCUT2D eigenvalue weighted by atomic mass is 32.2. The molecule has 3 N–H and O–H groups in total. The molecule has 1 heterocycles. The van der Waals surface area contributed by atoms with E-state index in [1.54, 1.807) is 11.8 Å². The first-order valence-electron chi connectivity index (χ1n) is 4.19. The van der Waals surface area contributed by atoms with Crippen molar-refractivity contribution in [3.05, 3.63) is 0 Å². The lowest BCUT2D eigenvalue weighted by Gasteiger charge is -2.10. The molecule has 1 aromatic heterocycles. The zero-order valence-electron chi connectivity index (χ0n) is 7.01. The highest BCUT2D eigenvalue weighted by molar-refractivity contribution is 8.01. The lowest BCUT2D eigenvalue weighted by Crippen LogP contribution is -2.14. The predicted octanol–water partition coefficient (Wildman–Crippen LogP) is 1.13. The van der Waals surface area contributed by atoms with Gasteiger partial charge >= 0.3 is 0 Å². The largest absolute Gasteiger partial charge is 0.392 e. The van der Waals surface area contributed by atoms with Gasteiger partial charge in [-0.25, -0.2) is 0 Å². The Hall–Kier alpha value is -0.330. The summed E-state index contributed by atoms with van der Waals surface area (Å²) >= 11 is 2.98. The van der Waals surface area contributed by atoms with Crippen molar-refractivity contribution in [2.45, 2.75) is 35.0 Å². The van der Waals surface area contributed by atoms with Gasteiger partial charge in [0.1, 0.15) is 0 Å². The molecule has 0 saturated heterocycles. The van der Waals surface area contributed by atoms with E-state index in [4.69, 9.17) is 5.73 Å². The predicted molar refractivity (Wildman–Crippen MR) is 53.8 cm³/mol. The fourth-order valence-electron chi connectivity index (χ4n) is 1.44. The number of aliphatic hydroxyl groups is 1. The summed E-state index contributed by atoms with van der Waals surface area (Å²) in [5.41, 5.74) is 5.46. The number of nitrogens with zero attached hydrogens (tertiary/aromatic N) is 2. The average molecular weight is 217 g/mol. The second-order valence-corrected chi connectivity index (χ2v) is 5.56. The summed E-state index contributed by atoms with van der Waals surface area (Å²) < 4.78 is 0.864. The Kier molecular flexibility index (Phi) is 2.71. The van der Waals surface area contributed by atoms with Gasteiger partial charge < -0.3 is 10.8 Å². The van der Waals surface area contributed by atoms with Crippen molar-refractivity contribution in [2.75, 3.05) is 5.73 Å². The molecule has 13 heavy (non-hydrogen) atoms. The van der Waals surface area contributed by atoms with E-state index >= 15 is 0 Å². The zero-order valence-corrected chi connectivity index (χ0v) is 8.64. The van der Waals surface area contributed by atoms with E-state index in [1.165, 1.54) is 11.3 Å². The highest BCUT2D eigenvalue weighted by Gasteiger charge is 2.27. The Balaban J connectivity index is 1.97. The first-order valence-corrected chi connectivity index (χ1v) is 5.89. The first kappa shape index (κ1) is 9.23. The molecular weight excluding hydrogens is 206 g/mol. The van der Waals surface area contributed by atoms with E-state index in [-0.39, 0.29) is 11.4 Å². The van der Waals surface area contributed by atoms with Gasteiger partial charge in [-0.05, 0) is 19.3 Å². The van der Waals surface area contributed by atoms with E-state index in [0.717, 1.165) is 23.6 Å². The summed E-state index contributed by atoms with van der Waals surface area (Å²) in [7, 11) is 0. The van der Waals surface area contributed by atoms with Gasteiger partial charge in [-0.2, -0.15) is 0 Å².